The Hall–Kier alpha value is -0.380. The Labute approximate surface area is 290 Å². The smallest absolute Gasteiger partial charge is 0.157 e. The molecule has 0 N–H and O–H groups in total. The molecule has 1 fully saturated rings. The molecule has 0 bridgehead atoms. The Balaban J connectivity index is 2.01. The van der Waals surface area contributed by atoms with E-state index < -0.39 is 0 Å². The van der Waals surface area contributed by atoms with Gasteiger partial charge < -0.3 is 14.4 Å². The van der Waals surface area contributed by atoms with E-state index in [0.717, 1.165) is 26.1 Å². The number of ether oxygens (including phenoxy) is 2. The van der Waals surface area contributed by atoms with Crippen LogP contribution in [0.5, 0.6) is 0 Å². The van der Waals surface area contributed by atoms with Gasteiger partial charge in [-0.2, -0.15) is 0 Å². The number of hydrogen-bond donors (Lipinski definition) is 0. The molecule has 0 aromatic heterocycles. The van der Waals surface area contributed by atoms with Crippen LogP contribution in [0.2, 0.25) is 0 Å². The predicted octanol–water partition coefficient (Wildman–Crippen LogP) is 14.1. The third-order valence-corrected chi connectivity index (χ3v) is 10.1. The van der Waals surface area contributed by atoms with Gasteiger partial charge in [0.05, 0.1) is 6.61 Å². The van der Waals surface area contributed by atoms with Crippen LogP contribution in [0.1, 0.15) is 226 Å². The SMILES string of the molecule is CCCCCCCC/C=C\CCCCCCCCCC(OCCCCCCCCCCCCCCCC)OCCCN1CCCC1. The summed E-state index contributed by atoms with van der Waals surface area (Å²) in [7, 11) is 0. The zero-order valence-electron chi connectivity index (χ0n) is 31.9. The van der Waals surface area contributed by atoms with Crippen LogP contribution in [0.25, 0.3) is 0 Å². The third-order valence-electron chi connectivity index (χ3n) is 10.1. The molecule has 1 atom stereocenters. The number of likely N-dealkylation sites (tertiary alicyclic amines) is 1. The molecule has 1 heterocycles. The van der Waals surface area contributed by atoms with Crippen molar-refractivity contribution in [3.63, 3.8) is 0 Å². The van der Waals surface area contributed by atoms with Crippen molar-refractivity contribution < 1.29 is 9.47 Å². The first kappa shape index (κ1) is 43.6. The number of unbranched alkanes of at least 4 members (excludes halogenated alkanes) is 26. The van der Waals surface area contributed by atoms with Crippen LogP contribution in [-0.4, -0.2) is 44.0 Å². The van der Waals surface area contributed by atoms with Gasteiger partial charge in [-0.1, -0.05) is 174 Å². The monoisotopic (exact) mass is 648 g/mol. The van der Waals surface area contributed by atoms with Crippen LogP contribution in [0.4, 0.5) is 0 Å². The van der Waals surface area contributed by atoms with Crippen molar-refractivity contribution in [1.82, 2.24) is 4.90 Å². The summed E-state index contributed by atoms with van der Waals surface area (Å²) in [6.07, 6.45) is 50.0. The zero-order chi connectivity index (χ0) is 32.9. The second-order valence-corrected chi connectivity index (χ2v) is 14.7. The third kappa shape index (κ3) is 32.2. The molecule has 1 saturated heterocycles. The van der Waals surface area contributed by atoms with E-state index in [-0.39, 0.29) is 6.29 Å². The van der Waals surface area contributed by atoms with Crippen molar-refractivity contribution in [3.8, 4) is 0 Å². The van der Waals surface area contributed by atoms with Gasteiger partial charge in [-0.15, -0.1) is 0 Å². The van der Waals surface area contributed by atoms with Crippen molar-refractivity contribution in [2.45, 2.75) is 232 Å². The Morgan fingerprint density at radius 1 is 0.435 bits per heavy atom. The molecule has 1 unspecified atom stereocenters. The molecule has 0 spiro atoms. The number of hydrogen-bond acceptors (Lipinski definition) is 3. The second kappa shape index (κ2) is 37.4. The van der Waals surface area contributed by atoms with Gasteiger partial charge in [0.2, 0.25) is 0 Å². The summed E-state index contributed by atoms with van der Waals surface area (Å²) >= 11 is 0. The highest BCUT2D eigenvalue weighted by Crippen LogP contribution is 2.16. The highest BCUT2D eigenvalue weighted by Gasteiger charge is 2.13. The molecule has 274 valence electrons. The van der Waals surface area contributed by atoms with E-state index in [1.54, 1.807) is 0 Å². The molecule has 1 aliphatic rings. The lowest BCUT2D eigenvalue weighted by Gasteiger charge is -2.20. The molecular weight excluding hydrogens is 562 g/mol. The van der Waals surface area contributed by atoms with Crippen LogP contribution >= 0.6 is 0 Å². The fourth-order valence-corrected chi connectivity index (χ4v) is 6.97. The Bertz CT molecular complexity index is 587. The van der Waals surface area contributed by atoms with Crippen LogP contribution in [0.15, 0.2) is 12.2 Å². The highest BCUT2D eigenvalue weighted by atomic mass is 16.7. The first-order valence-corrected chi connectivity index (χ1v) is 21.5. The van der Waals surface area contributed by atoms with E-state index in [4.69, 9.17) is 9.47 Å². The summed E-state index contributed by atoms with van der Waals surface area (Å²) in [5.41, 5.74) is 0. The van der Waals surface area contributed by atoms with Crippen LogP contribution in [0, 0.1) is 0 Å². The van der Waals surface area contributed by atoms with Gasteiger partial charge in [0.25, 0.3) is 0 Å². The first-order valence-electron chi connectivity index (χ1n) is 21.5. The van der Waals surface area contributed by atoms with Crippen LogP contribution < -0.4 is 0 Å². The van der Waals surface area contributed by atoms with Gasteiger partial charge in [-0.05, 0) is 77.3 Å². The normalized spacial score (nSPS) is 14.7. The number of rotatable bonds is 38. The van der Waals surface area contributed by atoms with Gasteiger partial charge in [-0.3, -0.25) is 0 Å². The molecular formula is C43H85NO2. The van der Waals surface area contributed by atoms with E-state index in [1.807, 2.05) is 0 Å². The van der Waals surface area contributed by atoms with Crippen molar-refractivity contribution in [1.29, 1.82) is 0 Å². The molecule has 0 amide bonds. The first-order chi connectivity index (χ1) is 22.9. The maximum atomic E-state index is 6.31. The Kier molecular flexibility index (Phi) is 35.5. The van der Waals surface area contributed by atoms with Crippen molar-refractivity contribution in [3.05, 3.63) is 12.2 Å². The van der Waals surface area contributed by atoms with E-state index in [0.29, 0.717) is 0 Å². The van der Waals surface area contributed by atoms with E-state index >= 15 is 0 Å². The molecule has 46 heavy (non-hydrogen) atoms. The molecule has 1 aliphatic heterocycles. The number of allylic oxidation sites excluding steroid dienone is 2. The molecule has 0 saturated carbocycles. The summed E-state index contributed by atoms with van der Waals surface area (Å²) in [6, 6.07) is 0. The van der Waals surface area contributed by atoms with Crippen molar-refractivity contribution in [2.24, 2.45) is 0 Å². The minimum absolute atomic E-state index is 0.0173. The molecule has 1 rings (SSSR count). The standard InChI is InChI=1S/C43H85NO2/c1-3-5-7-9-11-13-15-17-19-20-21-22-24-26-28-30-32-37-43(46-42-36-40-44-38-33-34-39-44)45-41-35-31-29-27-25-23-18-16-14-12-10-8-6-4-2/h17,19,43H,3-16,18,20-42H2,1-2H3/b19-17-. The maximum absolute atomic E-state index is 6.31. The average molecular weight is 648 g/mol. The van der Waals surface area contributed by atoms with Crippen molar-refractivity contribution >= 4 is 0 Å². The molecule has 0 aromatic carbocycles. The Morgan fingerprint density at radius 3 is 1.26 bits per heavy atom. The van der Waals surface area contributed by atoms with E-state index in [1.165, 1.54) is 219 Å². The van der Waals surface area contributed by atoms with Gasteiger partial charge in [-0.25, -0.2) is 0 Å². The average Bonchev–Trinajstić information content (AvgIpc) is 3.59. The highest BCUT2D eigenvalue weighted by molar-refractivity contribution is 4.81. The van der Waals surface area contributed by atoms with Crippen molar-refractivity contribution in [2.75, 3.05) is 32.8 Å². The lowest BCUT2D eigenvalue weighted by atomic mass is 10.0. The van der Waals surface area contributed by atoms with Gasteiger partial charge in [0.1, 0.15) is 0 Å². The molecule has 0 aromatic rings. The molecule has 0 aliphatic carbocycles. The summed E-state index contributed by atoms with van der Waals surface area (Å²) in [4.78, 5) is 2.60. The predicted molar refractivity (Wildman–Crippen MR) is 205 cm³/mol. The topological polar surface area (TPSA) is 21.7 Å². The van der Waals surface area contributed by atoms with Crippen LogP contribution in [0.3, 0.4) is 0 Å². The fourth-order valence-electron chi connectivity index (χ4n) is 6.97. The lowest BCUT2D eigenvalue weighted by Crippen LogP contribution is -2.24. The van der Waals surface area contributed by atoms with E-state index in [2.05, 4.69) is 30.9 Å². The number of nitrogens with zero attached hydrogens (tertiary/aromatic N) is 1. The lowest BCUT2D eigenvalue weighted by molar-refractivity contribution is -0.148. The maximum Gasteiger partial charge on any atom is 0.157 e. The molecule has 0 radical (unpaired) electrons. The summed E-state index contributed by atoms with van der Waals surface area (Å²) < 4.78 is 12.6. The summed E-state index contributed by atoms with van der Waals surface area (Å²) in [5, 5.41) is 0. The van der Waals surface area contributed by atoms with E-state index in [9.17, 15) is 0 Å². The van der Waals surface area contributed by atoms with Gasteiger partial charge in [0, 0.05) is 13.2 Å². The molecule has 3 heteroatoms. The largest absolute Gasteiger partial charge is 0.353 e. The van der Waals surface area contributed by atoms with Gasteiger partial charge >= 0.3 is 0 Å². The summed E-state index contributed by atoms with van der Waals surface area (Å²) in [5.74, 6) is 0. The zero-order valence-corrected chi connectivity index (χ0v) is 31.9. The fraction of sp³-hybridized carbons (Fsp3) is 0.953. The van der Waals surface area contributed by atoms with Crippen LogP contribution in [-0.2, 0) is 9.47 Å². The van der Waals surface area contributed by atoms with Gasteiger partial charge in [0.15, 0.2) is 6.29 Å². The minimum atomic E-state index is 0.0173. The Morgan fingerprint density at radius 2 is 0.804 bits per heavy atom. The minimum Gasteiger partial charge on any atom is -0.353 e. The summed E-state index contributed by atoms with van der Waals surface area (Å²) in [6.45, 7) is 10.1. The quantitative estimate of drug-likeness (QED) is 0.0378. The second-order valence-electron chi connectivity index (χ2n) is 14.7. The molecule has 3 nitrogen and oxygen atoms in total.